The summed E-state index contributed by atoms with van der Waals surface area (Å²) in [5.41, 5.74) is -0.407. The number of nitrogens with one attached hydrogen (secondary N) is 2. The van der Waals surface area contributed by atoms with Crippen molar-refractivity contribution in [1.29, 1.82) is 0 Å². The van der Waals surface area contributed by atoms with Crippen molar-refractivity contribution in [2.24, 2.45) is 0 Å². The van der Waals surface area contributed by atoms with Crippen LogP contribution in [0, 0.1) is 0 Å². The van der Waals surface area contributed by atoms with E-state index in [1.807, 2.05) is 0 Å². The molecule has 0 aromatic heterocycles. The van der Waals surface area contributed by atoms with Crippen molar-refractivity contribution >= 4 is 5.97 Å². The molecule has 0 aliphatic carbocycles. The average molecular weight is 172 g/mol. The van der Waals surface area contributed by atoms with Gasteiger partial charge < -0.3 is 10.1 Å². The molecule has 4 nitrogen and oxygen atoms in total. The highest BCUT2D eigenvalue weighted by Crippen LogP contribution is 2.05. The summed E-state index contributed by atoms with van der Waals surface area (Å²) in [4.78, 5) is 11.1. The summed E-state index contributed by atoms with van der Waals surface area (Å²) < 4.78 is 5.03. The third-order valence-corrected chi connectivity index (χ3v) is 1.50. The summed E-state index contributed by atoms with van der Waals surface area (Å²) in [5.74, 6) is -0.447. The fourth-order valence-corrected chi connectivity index (χ4v) is 0.446. The topological polar surface area (TPSA) is 50.4 Å². The monoisotopic (exact) mass is 172 g/mol. The van der Waals surface area contributed by atoms with Crippen molar-refractivity contribution in [3.63, 3.8) is 0 Å². The first-order chi connectivity index (χ1) is 5.43. The van der Waals surface area contributed by atoms with Crippen LogP contribution in [0.5, 0.6) is 0 Å². The molecule has 2 N–H and O–H groups in total. The van der Waals surface area contributed by atoms with E-state index in [1.54, 1.807) is 27.9 Å². The number of carbonyl (C=O) groups is 1. The Morgan fingerprint density at radius 1 is 1.42 bits per heavy atom. The van der Waals surface area contributed by atoms with Gasteiger partial charge in [0.25, 0.3) is 0 Å². The second kappa shape index (κ2) is 4.11. The number of hydrogen-bond donors (Lipinski definition) is 2. The standard InChI is InChI=1S/C8H16N2O2/c1-6(9-4)7(11)12-8(2,3)10-5/h9-10H,1H2,2-5H3. The van der Waals surface area contributed by atoms with E-state index in [-0.39, 0.29) is 5.70 Å². The number of hydrogen-bond acceptors (Lipinski definition) is 4. The van der Waals surface area contributed by atoms with Crippen molar-refractivity contribution < 1.29 is 9.53 Å². The number of carbonyl (C=O) groups excluding carboxylic acids is 1. The van der Waals surface area contributed by atoms with Gasteiger partial charge in [-0.15, -0.1) is 0 Å². The third-order valence-electron chi connectivity index (χ3n) is 1.50. The smallest absolute Gasteiger partial charge is 0.355 e. The molecule has 0 saturated heterocycles. The average Bonchev–Trinajstić information content (AvgIpc) is 2.02. The first kappa shape index (κ1) is 11.0. The summed E-state index contributed by atoms with van der Waals surface area (Å²) >= 11 is 0. The molecule has 0 fully saturated rings. The zero-order valence-electron chi connectivity index (χ0n) is 8.02. The Hall–Kier alpha value is -1.03. The van der Waals surface area contributed by atoms with E-state index in [0.717, 1.165) is 0 Å². The molecular weight excluding hydrogens is 156 g/mol. The fraction of sp³-hybridized carbons (Fsp3) is 0.625. The van der Waals surface area contributed by atoms with Crippen LogP contribution in [0.15, 0.2) is 12.3 Å². The Bertz CT molecular complexity index is 187. The SMILES string of the molecule is C=C(NC)C(=O)OC(C)(C)NC. The number of likely N-dealkylation sites (N-methyl/N-ethyl adjacent to an activating group) is 1. The van der Waals surface area contributed by atoms with E-state index in [9.17, 15) is 4.79 Å². The summed E-state index contributed by atoms with van der Waals surface area (Å²) in [6.07, 6.45) is 0. The van der Waals surface area contributed by atoms with Gasteiger partial charge in [-0.05, 0) is 20.9 Å². The van der Waals surface area contributed by atoms with Gasteiger partial charge in [0.2, 0.25) is 0 Å². The fourth-order valence-electron chi connectivity index (χ4n) is 0.446. The van der Waals surface area contributed by atoms with Crippen molar-refractivity contribution in [2.75, 3.05) is 14.1 Å². The van der Waals surface area contributed by atoms with Crippen LogP contribution in [0.3, 0.4) is 0 Å². The van der Waals surface area contributed by atoms with Crippen LogP contribution in [-0.4, -0.2) is 25.8 Å². The van der Waals surface area contributed by atoms with E-state index in [2.05, 4.69) is 17.2 Å². The van der Waals surface area contributed by atoms with E-state index >= 15 is 0 Å². The minimum absolute atomic E-state index is 0.248. The summed E-state index contributed by atoms with van der Waals surface area (Å²) in [7, 11) is 3.34. The maximum atomic E-state index is 11.1. The van der Waals surface area contributed by atoms with Crippen LogP contribution in [-0.2, 0) is 9.53 Å². The highest BCUT2D eigenvalue weighted by atomic mass is 16.6. The normalized spacial score (nSPS) is 10.7. The minimum Gasteiger partial charge on any atom is -0.440 e. The second-order valence-corrected chi connectivity index (χ2v) is 2.88. The number of rotatable bonds is 4. The molecule has 70 valence electrons. The van der Waals surface area contributed by atoms with Crippen LogP contribution in [0.25, 0.3) is 0 Å². The minimum atomic E-state index is -0.656. The molecule has 4 heteroatoms. The lowest BCUT2D eigenvalue weighted by Gasteiger charge is -2.24. The lowest BCUT2D eigenvalue weighted by Crippen LogP contribution is -2.42. The van der Waals surface area contributed by atoms with Crippen LogP contribution in [0.1, 0.15) is 13.8 Å². The predicted molar refractivity (Wildman–Crippen MR) is 47.4 cm³/mol. The lowest BCUT2D eigenvalue weighted by molar-refractivity contribution is -0.154. The molecule has 0 atom stereocenters. The first-order valence-electron chi connectivity index (χ1n) is 3.72. The number of ether oxygens (including phenoxy) is 1. The van der Waals surface area contributed by atoms with Crippen molar-refractivity contribution in [1.82, 2.24) is 10.6 Å². The molecule has 12 heavy (non-hydrogen) atoms. The van der Waals surface area contributed by atoms with Crippen LogP contribution in [0.4, 0.5) is 0 Å². The Kier molecular flexibility index (Phi) is 3.76. The van der Waals surface area contributed by atoms with Crippen molar-refractivity contribution in [2.45, 2.75) is 19.6 Å². The summed E-state index contributed by atoms with van der Waals surface area (Å²) in [5, 5.41) is 5.45. The molecule has 0 radical (unpaired) electrons. The molecule has 0 unspecified atom stereocenters. The Balaban J connectivity index is 4.09. The maximum Gasteiger partial charge on any atom is 0.355 e. The zero-order valence-corrected chi connectivity index (χ0v) is 8.02. The van der Waals surface area contributed by atoms with Gasteiger partial charge in [0.05, 0.1) is 0 Å². The van der Waals surface area contributed by atoms with E-state index in [0.29, 0.717) is 0 Å². The molecule has 0 aliphatic heterocycles. The Morgan fingerprint density at radius 3 is 2.25 bits per heavy atom. The van der Waals surface area contributed by atoms with Gasteiger partial charge in [-0.2, -0.15) is 0 Å². The summed E-state index contributed by atoms with van der Waals surface area (Å²) in [6.45, 7) is 6.99. The molecule has 0 saturated carbocycles. The van der Waals surface area contributed by atoms with Gasteiger partial charge in [-0.3, -0.25) is 5.32 Å². The van der Waals surface area contributed by atoms with Crippen LogP contribution < -0.4 is 10.6 Å². The molecule has 0 spiro atoms. The van der Waals surface area contributed by atoms with Crippen molar-refractivity contribution in [3.05, 3.63) is 12.3 Å². The molecule has 0 heterocycles. The molecule has 0 aliphatic rings. The second-order valence-electron chi connectivity index (χ2n) is 2.88. The van der Waals surface area contributed by atoms with Crippen LogP contribution >= 0.6 is 0 Å². The third kappa shape index (κ3) is 3.39. The van der Waals surface area contributed by atoms with Gasteiger partial charge in [0.15, 0.2) is 5.72 Å². The van der Waals surface area contributed by atoms with Crippen LogP contribution in [0.2, 0.25) is 0 Å². The van der Waals surface area contributed by atoms with Gasteiger partial charge in [-0.1, -0.05) is 6.58 Å². The largest absolute Gasteiger partial charge is 0.440 e. The molecule has 0 rings (SSSR count). The molecule has 0 aromatic rings. The molecule has 0 amide bonds. The maximum absolute atomic E-state index is 11.1. The number of esters is 1. The van der Waals surface area contributed by atoms with Gasteiger partial charge in [0, 0.05) is 7.05 Å². The van der Waals surface area contributed by atoms with E-state index < -0.39 is 11.7 Å². The molecular formula is C8H16N2O2. The van der Waals surface area contributed by atoms with Gasteiger partial charge in [0.1, 0.15) is 5.70 Å². The molecule has 0 bridgehead atoms. The van der Waals surface area contributed by atoms with Crippen molar-refractivity contribution in [3.8, 4) is 0 Å². The Labute approximate surface area is 73.0 Å². The highest BCUT2D eigenvalue weighted by molar-refractivity contribution is 5.87. The van der Waals surface area contributed by atoms with Gasteiger partial charge >= 0.3 is 5.97 Å². The van der Waals surface area contributed by atoms with Gasteiger partial charge in [-0.25, -0.2) is 4.79 Å². The quantitative estimate of drug-likeness (QED) is 0.362. The highest BCUT2D eigenvalue weighted by Gasteiger charge is 2.20. The molecule has 0 aromatic carbocycles. The predicted octanol–water partition coefficient (Wildman–Crippen LogP) is 0.218. The zero-order chi connectivity index (χ0) is 9.78. The summed E-state index contributed by atoms with van der Waals surface area (Å²) in [6, 6.07) is 0. The first-order valence-corrected chi connectivity index (χ1v) is 3.72. The van der Waals surface area contributed by atoms with E-state index in [4.69, 9.17) is 4.74 Å². The Morgan fingerprint density at radius 2 is 1.92 bits per heavy atom. The van der Waals surface area contributed by atoms with E-state index in [1.165, 1.54) is 0 Å². The lowest BCUT2D eigenvalue weighted by atomic mass is 10.3.